The van der Waals surface area contributed by atoms with Crippen LogP contribution in [0.2, 0.25) is 0 Å². The van der Waals surface area contributed by atoms with Crippen LogP contribution in [-0.4, -0.2) is 30.1 Å². The number of unbranched alkanes of at least 4 members (excludes halogenated alkanes) is 6. The topological polar surface area (TPSA) is 72.8 Å². The molecule has 0 saturated heterocycles. The van der Waals surface area contributed by atoms with E-state index in [-0.39, 0.29) is 16.9 Å². The molecule has 1 aromatic rings. The van der Waals surface area contributed by atoms with Gasteiger partial charge in [0.05, 0.1) is 5.56 Å². The molecule has 0 bridgehead atoms. The van der Waals surface area contributed by atoms with Crippen LogP contribution in [0.3, 0.4) is 0 Å². The van der Waals surface area contributed by atoms with Gasteiger partial charge in [-0.2, -0.15) is 0 Å². The van der Waals surface area contributed by atoms with E-state index < -0.39 is 12.6 Å². The summed E-state index contributed by atoms with van der Waals surface area (Å²) in [6.07, 6.45) is 25.7. The van der Waals surface area contributed by atoms with Crippen molar-refractivity contribution in [1.29, 1.82) is 0 Å². The number of aliphatic carboxylic acids is 1. The van der Waals surface area contributed by atoms with Gasteiger partial charge in [-0.15, -0.1) is 0 Å². The van der Waals surface area contributed by atoms with E-state index in [0.29, 0.717) is 17.9 Å². The highest BCUT2D eigenvalue weighted by Crippen LogP contribution is 2.40. The van der Waals surface area contributed by atoms with E-state index in [4.69, 9.17) is 14.6 Å². The number of carboxylic acids is 1. The molecule has 1 aliphatic carbocycles. The zero-order valence-corrected chi connectivity index (χ0v) is 24.5. The number of rotatable bonds is 19. The minimum atomic E-state index is -1.11. The van der Waals surface area contributed by atoms with Crippen molar-refractivity contribution in [2.75, 3.05) is 13.2 Å². The summed E-state index contributed by atoms with van der Waals surface area (Å²) in [5, 5.41) is 9.08. The summed E-state index contributed by atoms with van der Waals surface area (Å²) >= 11 is 0. The Bertz CT molecular complexity index is 1030. The molecule has 0 radical (unpaired) electrons. The number of ether oxygens (including phenoxy) is 2. The molecule has 0 heterocycles. The summed E-state index contributed by atoms with van der Waals surface area (Å²) in [7, 11) is 0. The number of hydrogen-bond donors (Lipinski definition) is 1. The maximum Gasteiger partial charge on any atom is 0.341 e. The Kier molecular flexibility index (Phi) is 14.4. The van der Waals surface area contributed by atoms with Gasteiger partial charge in [-0.1, -0.05) is 95.1 Å². The van der Waals surface area contributed by atoms with Crippen LogP contribution in [0, 0.1) is 5.41 Å². The fourth-order valence-corrected chi connectivity index (χ4v) is 4.78. The van der Waals surface area contributed by atoms with Crippen molar-refractivity contribution in [1.82, 2.24) is 0 Å². The largest absolute Gasteiger partial charge is 0.489 e. The molecule has 1 N–H and O–H groups in total. The Morgan fingerprint density at radius 1 is 0.974 bits per heavy atom. The Balaban J connectivity index is 2.11. The van der Waals surface area contributed by atoms with Crippen LogP contribution in [0.15, 0.2) is 65.8 Å². The van der Waals surface area contributed by atoms with E-state index in [1.54, 1.807) is 24.3 Å². The Morgan fingerprint density at radius 2 is 1.67 bits per heavy atom. The van der Waals surface area contributed by atoms with Gasteiger partial charge < -0.3 is 14.6 Å². The van der Waals surface area contributed by atoms with Crippen LogP contribution in [-0.2, 0) is 4.79 Å². The minimum absolute atomic E-state index is 0.202. The lowest BCUT2D eigenvalue weighted by Crippen LogP contribution is -2.19. The minimum Gasteiger partial charge on any atom is -0.489 e. The van der Waals surface area contributed by atoms with E-state index in [1.807, 2.05) is 26.0 Å². The summed E-state index contributed by atoms with van der Waals surface area (Å²) in [5.74, 6) is -0.629. The first-order valence-corrected chi connectivity index (χ1v) is 14.6. The lowest BCUT2D eigenvalue weighted by molar-refractivity contribution is -0.139. The number of ketones is 1. The summed E-state index contributed by atoms with van der Waals surface area (Å²) in [6, 6.07) is 4.91. The van der Waals surface area contributed by atoms with Gasteiger partial charge >= 0.3 is 5.97 Å². The van der Waals surface area contributed by atoms with Crippen molar-refractivity contribution in [2.24, 2.45) is 5.41 Å². The molecule has 0 saturated carbocycles. The maximum atomic E-state index is 13.1. The van der Waals surface area contributed by atoms with E-state index in [9.17, 15) is 9.59 Å². The molecule has 0 amide bonds. The van der Waals surface area contributed by atoms with Crippen LogP contribution in [0.25, 0.3) is 0 Å². The fourth-order valence-electron chi connectivity index (χ4n) is 4.78. The molecule has 5 heteroatoms. The second kappa shape index (κ2) is 17.5. The summed E-state index contributed by atoms with van der Waals surface area (Å²) in [5.41, 5.74) is 2.69. The van der Waals surface area contributed by atoms with Crippen molar-refractivity contribution >= 4 is 11.8 Å². The molecule has 0 atom stereocenters. The first-order chi connectivity index (χ1) is 18.8. The average Bonchev–Trinajstić information content (AvgIpc) is 2.92. The maximum absolute atomic E-state index is 13.1. The van der Waals surface area contributed by atoms with Crippen LogP contribution in [0.4, 0.5) is 0 Å². The summed E-state index contributed by atoms with van der Waals surface area (Å²) in [6.45, 7) is 8.31. The third-order valence-electron chi connectivity index (χ3n) is 7.17. The van der Waals surface area contributed by atoms with Crippen molar-refractivity contribution in [3.05, 3.63) is 71.4 Å². The summed E-state index contributed by atoms with van der Waals surface area (Å²) in [4.78, 5) is 24.2. The molecule has 0 aromatic heterocycles. The zero-order valence-electron chi connectivity index (χ0n) is 24.5. The van der Waals surface area contributed by atoms with Gasteiger partial charge in [-0.25, -0.2) is 4.79 Å². The Hall–Kier alpha value is -3.08. The van der Waals surface area contributed by atoms with Crippen LogP contribution < -0.4 is 9.47 Å². The third kappa shape index (κ3) is 12.1. The molecule has 2 rings (SSSR count). The fraction of sp³-hybridized carbons (Fsp3) is 0.529. The van der Waals surface area contributed by atoms with Gasteiger partial charge in [-0.05, 0) is 68.4 Å². The molecule has 1 aliphatic rings. The second-order valence-corrected chi connectivity index (χ2v) is 10.9. The number of carbonyl (C=O) groups excluding carboxylic acids is 1. The van der Waals surface area contributed by atoms with Crippen molar-refractivity contribution < 1.29 is 24.2 Å². The third-order valence-corrected chi connectivity index (χ3v) is 7.17. The molecule has 0 fully saturated rings. The molecule has 214 valence electrons. The predicted molar refractivity (Wildman–Crippen MR) is 160 cm³/mol. The highest BCUT2D eigenvalue weighted by atomic mass is 16.5. The number of carbonyl (C=O) groups is 2. The van der Waals surface area contributed by atoms with Gasteiger partial charge in [0, 0.05) is 6.07 Å². The monoisotopic (exact) mass is 536 g/mol. The molecular formula is C34H48O5. The van der Waals surface area contributed by atoms with Crippen molar-refractivity contribution in [3.8, 4) is 11.5 Å². The first-order valence-electron chi connectivity index (χ1n) is 14.6. The van der Waals surface area contributed by atoms with E-state index in [1.165, 1.54) is 64.2 Å². The van der Waals surface area contributed by atoms with Crippen LogP contribution >= 0.6 is 0 Å². The molecule has 0 aliphatic heterocycles. The lowest BCUT2D eigenvalue weighted by Gasteiger charge is -2.32. The number of benzene rings is 1. The van der Waals surface area contributed by atoms with E-state index in [2.05, 4.69) is 32.1 Å². The number of hydrogen-bond acceptors (Lipinski definition) is 4. The Labute approximate surface area is 235 Å². The SMILES string of the molecule is CCCCCCC1(CCCCCC)C=CC(C=CC(=O)c2ccc(OCC=C(C)C)cc2OCC(=O)O)=CC1. The molecular weight excluding hydrogens is 488 g/mol. The zero-order chi connectivity index (χ0) is 28.5. The standard InChI is InChI=1S/C34H48O5/c1-5-7-9-11-20-34(21-12-10-8-6-2)22-17-28(18-23-34)13-16-31(35)30-15-14-29(38-24-19-27(3)4)25-32(30)39-26-33(36)37/h13-19,22,25H,5-12,20-21,23-24,26H2,1-4H3,(H,36,37). The van der Waals surface area contributed by atoms with Crippen LogP contribution in [0.5, 0.6) is 11.5 Å². The second-order valence-electron chi connectivity index (χ2n) is 10.9. The van der Waals surface area contributed by atoms with Crippen molar-refractivity contribution in [3.63, 3.8) is 0 Å². The smallest absolute Gasteiger partial charge is 0.341 e. The average molecular weight is 537 g/mol. The van der Waals surface area contributed by atoms with E-state index >= 15 is 0 Å². The number of carboxylic acid groups (broad SMARTS) is 1. The van der Waals surface area contributed by atoms with Gasteiger partial charge in [0.15, 0.2) is 12.4 Å². The molecule has 5 nitrogen and oxygen atoms in total. The van der Waals surface area contributed by atoms with Gasteiger partial charge in [0.25, 0.3) is 0 Å². The highest BCUT2D eigenvalue weighted by Gasteiger charge is 2.27. The Morgan fingerprint density at radius 3 is 2.23 bits per heavy atom. The van der Waals surface area contributed by atoms with Crippen LogP contribution in [0.1, 0.15) is 109 Å². The van der Waals surface area contributed by atoms with E-state index in [0.717, 1.165) is 17.6 Å². The summed E-state index contributed by atoms with van der Waals surface area (Å²) < 4.78 is 11.1. The van der Waals surface area contributed by atoms with Crippen molar-refractivity contribution in [2.45, 2.75) is 98.3 Å². The predicted octanol–water partition coefficient (Wildman–Crippen LogP) is 9.05. The molecule has 0 unspecified atom stereocenters. The molecule has 0 spiro atoms. The number of allylic oxidation sites excluding steroid dienone is 7. The lowest BCUT2D eigenvalue weighted by atomic mass is 9.72. The first kappa shape index (κ1) is 32.1. The van der Waals surface area contributed by atoms with Gasteiger partial charge in [0.2, 0.25) is 0 Å². The normalized spacial score (nSPS) is 14.2. The highest BCUT2D eigenvalue weighted by molar-refractivity contribution is 6.07. The molecule has 39 heavy (non-hydrogen) atoms. The van der Waals surface area contributed by atoms with Gasteiger partial charge in [0.1, 0.15) is 18.1 Å². The quantitative estimate of drug-likeness (QED) is 0.0826. The van der Waals surface area contributed by atoms with Gasteiger partial charge in [-0.3, -0.25) is 4.79 Å². The molecule has 1 aromatic carbocycles.